The normalized spacial score (nSPS) is 13.8. The molecule has 5 rings (SSSR count). The Labute approximate surface area is 221 Å². The van der Waals surface area contributed by atoms with E-state index in [2.05, 4.69) is 41.2 Å². The van der Waals surface area contributed by atoms with Crippen LogP contribution in [0.25, 0.3) is 11.2 Å². The number of amides is 1. The minimum atomic E-state index is -1.52. The summed E-state index contributed by atoms with van der Waals surface area (Å²) in [5.41, 5.74) is 8.87. The van der Waals surface area contributed by atoms with E-state index < -0.39 is 8.07 Å². The highest BCUT2D eigenvalue weighted by Gasteiger charge is 2.25. The van der Waals surface area contributed by atoms with Gasteiger partial charge in [-0.2, -0.15) is 5.10 Å². The van der Waals surface area contributed by atoms with Gasteiger partial charge in [0.15, 0.2) is 11.3 Å². The number of carbonyl (C=O) groups excluding carboxylic acids is 1. The molecule has 5 nitrogen and oxygen atoms in total. The maximum atomic E-state index is 13.6. The lowest BCUT2D eigenvalue weighted by atomic mass is 9.88. The molecule has 1 saturated heterocycles. The van der Waals surface area contributed by atoms with E-state index in [4.69, 9.17) is 0 Å². The van der Waals surface area contributed by atoms with Crippen molar-refractivity contribution in [1.82, 2.24) is 19.5 Å². The molecule has 8 heteroatoms. The van der Waals surface area contributed by atoms with Crippen LogP contribution < -0.4 is 0 Å². The van der Waals surface area contributed by atoms with E-state index in [1.165, 1.54) is 24.3 Å². The molecule has 0 atom stereocenters. The number of carbonyl (C=O) groups is 1. The largest absolute Gasteiger partial charge is 0.337 e. The van der Waals surface area contributed by atoms with Gasteiger partial charge in [-0.1, -0.05) is 55.4 Å². The molecule has 1 fully saturated rings. The standard InChI is InChI=1S/C30H28F2N4OSi/c1-38(2,3)17-14-21-19-33-28-18-27(34-36(28)20-21)30(37)35-15-12-24(13-16-35)29(22-4-8-25(31)9-5-22)23-6-10-26(32)11-7-23/h4-11,18-20H,12-13,15-16H2,1-3H3. The Morgan fingerprint density at radius 2 is 1.50 bits per heavy atom. The van der Waals surface area contributed by atoms with Crippen LogP contribution in [-0.2, 0) is 0 Å². The minimum absolute atomic E-state index is 0.144. The van der Waals surface area contributed by atoms with Crippen molar-refractivity contribution < 1.29 is 13.6 Å². The fourth-order valence-electron chi connectivity index (χ4n) is 4.51. The smallest absolute Gasteiger partial charge is 0.274 e. The second-order valence-corrected chi connectivity index (χ2v) is 15.2. The van der Waals surface area contributed by atoms with Gasteiger partial charge in [-0.15, -0.1) is 5.54 Å². The number of hydrogen-bond acceptors (Lipinski definition) is 3. The molecule has 0 unspecified atom stereocenters. The second kappa shape index (κ2) is 10.3. The molecule has 38 heavy (non-hydrogen) atoms. The van der Waals surface area contributed by atoms with E-state index >= 15 is 0 Å². The third-order valence-electron chi connectivity index (χ3n) is 6.39. The first kappa shape index (κ1) is 25.6. The Bertz CT molecular complexity index is 1530. The molecule has 1 aliphatic heterocycles. The van der Waals surface area contributed by atoms with Gasteiger partial charge < -0.3 is 4.90 Å². The summed E-state index contributed by atoms with van der Waals surface area (Å²) in [7, 11) is -1.52. The number of piperidine rings is 1. The third kappa shape index (κ3) is 5.73. The highest BCUT2D eigenvalue weighted by Crippen LogP contribution is 2.33. The molecular formula is C30H28F2N4OSi. The van der Waals surface area contributed by atoms with Gasteiger partial charge in [-0.3, -0.25) is 4.79 Å². The summed E-state index contributed by atoms with van der Waals surface area (Å²) in [5.74, 6) is 2.41. The van der Waals surface area contributed by atoms with E-state index in [1.807, 2.05) is 0 Å². The highest BCUT2D eigenvalue weighted by atomic mass is 28.3. The lowest BCUT2D eigenvalue weighted by Gasteiger charge is -2.30. The van der Waals surface area contributed by atoms with Crippen molar-refractivity contribution in [3.8, 4) is 11.5 Å². The number of fused-ring (bicyclic) bond motifs is 1. The first-order chi connectivity index (χ1) is 18.2. The number of aromatic nitrogens is 3. The van der Waals surface area contributed by atoms with Crippen LogP contribution in [0.15, 0.2) is 72.6 Å². The molecule has 1 amide bonds. The average molecular weight is 527 g/mol. The summed E-state index contributed by atoms with van der Waals surface area (Å²) < 4.78 is 28.8. The maximum absolute atomic E-state index is 13.6. The monoisotopic (exact) mass is 526 g/mol. The average Bonchev–Trinajstić information content (AvgIpc) is 3.33. The lowest BCUT2D eigenvalue weighted by molar-refractivity contribution is 0.0737. The zero-order valence-electron chi connectivity index (χ0n) is 21.6. The zero-order valence-corrected chi connectivity index (χ0v) is 22.6. The summed E-state index contributed by atoms with van der Waals surface area (Å²) in [4.78, 5) is 19.5. The Balaban J connectivity index is 1.37. The van der Waals surface area contributed by atoms with E-state index in [1.54, 1.807) is 52.1 Å². The molecule has 3 heterocycles. The predicted octanol–water partition coefficient (Wildman–Crippen LogP) is 5.97. The molecule has 2 aromatic heterocycles. The van der Waals surface area contributed by atoms with E-state index in [0.717, 1.165) is 27.8 Å². The molecule has 0 aliphatic carbocycles. The quantitative estimate of drug-likeness (QED) is 0.244. The first-order valence-corrected chi connectivity index (χ1v) is 16.1. The summed E-state index contributed by atoms with van der Waals surface area (Å²) in [6.45, 7) is 7.58. The number of rotatable bonds is 3. The number of halogens is 2. The van der Waals surface area contributed by atoms with Gasteiger partial charge in [-0.05, 0) is 53.8 Å². The fourth-order valence-corrected chi connectivity index (χ4v) is 5.02. The second-order valence-electron chi connectivity index (χ2n) is 10.5. The fraction of sp³-hybridized carbons (Fsp3) is 0.233. The zero-order chi connectivity index (χ0) is 26.9. The van der Waals surface area contributed by atoms with Crippen LogP contribution in [0.3, 0.4) is 0 Å². The van der Waals surface area contributed by atoms with Crippen LogP contribution in [0.2, 0.25) is 19.6 Å². The third-order valence-corrected chi connectivity index (χ3v) is 7.26. The summed E-state index contributed by atoms with van der Waals surface area (Å²) >= 11 is 0. The van der Waals surface area contributed by atoms with Crippen LogP contribution in [-0.4, -0.2) is 46.6 Å². The SMILES string of the molecule is C[Si](C)(C)C#Cc1cnc2cc(C(=O)N3CCC(=C(c4ccc(F)cc4)c4ccc(F)cc4)CC3)nn2c1. The molecule has 4 aromatic rings. The molecule has 0 N–H and O–H groups in total. The maximum Gasteiger partial charge on any atom is 0.274 e. The van der Waals surface area contributed by atoms with E-state index in [0.29, 0.717) is 37.3 Å². The Morgan fingerprint density at radius 3 is 2.05 bits per heavy atom. The molecular weight excluding hydrogens is 498 g/mol. The van der Waals surface area contributed by atoms with Gasteiger partial charge in [0.1, 0.15) is 19.7 Å². The van der Waals surface area contributed by atoms with Gasteiger partial charge in [0.25, 0.3) is 5.91 Å². The molecule has 0 bridgehead atoms. The molecule has 1 aliphatic rings. The van der Waals surface area contributed by atoms with Crippen molar-refractivity contribution in [2.24, 2.45) is 0 Å². The van der Waals surface area contributed by atoms with Crippen LogP contribution in [0, 0.1) is 23.1 Å². The van der Waals surface area contributed by atoms with Crippen molar-refractivity contribution in [2.45, 2.75) is 32.5 Å². The number of hydrogen-bond donors (Lipinski definition) is 0. The van der Waals surface area contributed by atoms with Crippen LogP contribution in [0.1, 0.15) is 40.0 Å². The Kier molecular flexibility index (Phi) is 6.96. The number of benzene rings is 2. The molecule has 0 saturated carbocycles. The molecule has 2 aromatic carbocycles. The van der Waals surface area contributed by atoms with Gasteiger partial charge in [0, 0.05) is 31.5 Å². The molecule has 192 valence electrons. The number of nitrogens with zero attached hydrogens (tertiary/aromatic N) is 4. The van der Waals surface area contributed by atoms with Crippen molar-refractivity contribution >= 4 is 25.2 Å². The lowest BCUT2D eigenvalue weighted by Crippen LogP contribution is -2.36. The van der Waals surface area contributed by atoms with Crippen molar-refractivity contribution in [3.63, 3.8) is 0 Å². The van der Waals surface area contributed by atoms with Crippen LogP contribution in [0.4, 0.5) is 8.78 Å². The van der Waals surface area contributed by atoms with Gasteiger partial charge in [0.05, 0.1) is 5.56 Å². The molecule has 0 radical (unpaired) electrons. The molecule has 0 spiro atoms. The Morgan fingerprint density at radius 1 is 0.921 bits per heavy atom. The van der Waals surface area contributed by atoms with Gasteiger partial charge >= 0.3 is 0 Å². The predicted molar refractivity (Wildman–Crippen MR) is 147 cm³/mol. The highest BCUT2D eigenvalue weighted by molar-refractivity contribution is 6.83. The summed E-state index contributed by atoms with van der Waals surface area (Å²) in [5, 5.41) is 4.48. The van der Waals surface area contributed by atoms with Crippen molar-refractivity contribution in [2.75, 3.05) is 13.1 Å². The van der Waals surface area contributed by atoms with Crippen LogP contribution >= 0.6 is 0 Å². The summed E-state index contributed by atoms with van der Waals surface area (Å²) in [6.07, 6.45) is 4.82. The van der Waals surface area contributed by atoms with Crippen molar-refractivity contribution in [3.05, 3.63) is 107 Å². The topological polar surface area (TPSA) is 50.5 Å². The van der Waals surface area contributed by atoms with Crippen LogP contribution in [0.5, 0.6) is 0 Å². The Hall–Kier alpha value is -4.09. The van der Waals surface area contributed by atoms with E-state index in [-0.39, 0.29) is 17.5 Å². The minimum Gasteiger partial charge on any atom is -0.337 e. The van der Waals surface area contributed by atoms with Gasteiger partial charge in [-0.25, -0.2) is 18.3 Å². The van der Waals surface area contributed by atoms with Gasteiger partial charge in [0.2, 0.25) is 0 Å². The van der Waals surface area contributed by atoms with E-state index in [9.17, 15) is 13.6 Å². The van der Waals surface area contributed by atoms with Crippen molar-refractivity contribution in [1.29, 1.82) is 0 Å². The first-order valence-electron chi connectivity index (χ1n) is 12.6. The summed E-state index contributed by atoms with van der Waals surface area (Å²) in [6, 6.07) is 14.4. The number of likely N-dealkylation sites (tertiary alicyclic amines) is 1.